The molecule has 7 aromatic rings. The number of carbonyl (C=O) groups is 4. The second-order valence-electron chi connectivity index (χ2n) is 20.7. The number of hydrogen-bond acceptors (Lipinski definition) is 28. The predicted molar refractivity (Wildman–Crippen MR) is 369 cm³/mol. The standard InChI is InChI=1S/C61H69N17O12S5/c1-8-75(9-2)39-21-23-43(71-73-60-66-53(77-25-29-89-30-26-77)49(92-60)35-41(37(6)79)55(81)62-45-17-13-15-19-51(45)94(83,84)85)47(33-39)64-57-68-58(70-59(69-57)91-12-5)65-48-34-40(76(10-3)11-4)22-24-44(48)72-74-61-67-54(78-27-31-90-32-28-78)50(93-61)36-42(38(7)80)56(82)63-46-18-14-16-20-52(46)95(86,87)88/h13-24,33-36H,8-12,25-32H2,1-7H3,(H,62,81)(H,63,82)(H,83,84,85)(H,86,87,88)(H2,64,65,68,69,70). The van der Waals surface area contributed by atoms with Crippen LogP contribution in [0, 0.1) is 0 Å². The van der Waals surface area contributed by atoms with E-state index in [0.717, 1.165) is 46.2 Å². The van der Waals surface area contributed by atoms with Crippen molar-refractivity contribution in [2.45, 2.75) is 63.4 Å². The van der Waals surface area contributed by atoms with E-state index in [1.54, 1.807) is 12.1 Å². The fourth-order valence-corrected chi connectivity index (χ4v) is 13.4. The normalized spacial score (nSPS) is 14.1. The Morgan fingerprint density at radius 2 is 0.947 bits per heavy atom. The van der Waals surface area contributed by atoms with Crippen LogP contribution in [0.2, 0.25) is 0 Å². The van der Waals surface area contributed by atoms with Gasteiger partial charge < -0.3 is 50.3 Å². The van der Waals surface area contributed by atoms with Gasteiger partial charge in [-0.1, -0.05) is 65.6 Å². The SMILES string of the molecule is CCSc1nc(Nc2cc(N(CC)CC)ccc2N=Nc2nc(N3CCOCC3)c(C=C(C(C)=O)C(=O)Nc3ccccc3S(=O)(=O)O)s2)nc(Nc2cc(N(CC)CC)ccc2N=Nc2nc(N3CCOCC3)c(C=C(C(C)=O)C(=O)Nc3ccccc3S(=O)(=O)O)s2)n1. The maximum absolute atomic E-state index is 13.8. The molecule has 3 aromatic heterocycles. The number of aromatic nitrogens is 5. The first-order valence-electron chi connectivity index (χ1n) is 30.0. The summed E-state index contributed by atoms with van der Waals surface area (Å²) in [7, 11) is -9.48. The highest BCUT2D eigenvalue weighted by Gasteiger charge is 2.28. The molecular weight excluding hydrogens is 1320 g/mol. The van der Waals surface area contributed by atoms with Crippen molar-refractivity contribution < 1.29 is 54.6 Å². The third-order valence-corrected chi connectivity index (χ3v) is 18.9. The minimum absolute atomic E-state index is 0.139. The number of amides is 2. The number of nitrogens with zero attached hydrogens (tertiary/aromatic N) is 13. The van der Waals surface area contributed by atoms with Crippen LogP contribution in [0.5, 0.6) is 0 Å². The van der Waals surface area contributed by atoms with Crippen molar-refractivity contribution in [3.8, 4) is 0 Å². The fraction of sp³-hybridized carbons (Fsp3) is 0.328. The molecule has 500 valence electrons. The van der Waals surface area contributed by atoms with E-state index in [1.165, 1.54) is 74.2 Å². The van der Waals surface area contributed by atoms with Crippen LogP contribution in [-0.2, 0) is 48.9 Å². The molecule has 0 saturated carbocycles. The average Bonchev–Trinajstić information content (AvgIpc) is 1.81. The molecule has 0 bridgehead atoms. The highest BCUT2D eigenvalue weighted by atomic mass is 32.2. The number of thiazole rings is 2. The first-order chi connectivity index (χ1) is 45.6. The Hall–Kier alpha value is -9.00. The quantitative estimate of drug-likeness (QED) is 0.00662. The summed E-state index contributed by atoms with van der Waals surface area (Å²) >= 11 is 3.50. The Balaban J connectivity index is 1.06. The summed E-state index contributed by atoms with van der Waals surface area (Å²) in [6.45, 7) is 18.5. The zero-order valence-corrected chi connectivity index (χ0v) is 56.8. The van der Waals surface area contributed by atoms with Crippen LogP contribution < -0.4 is 40.9 Å². The van der Waals surface area contributed by atoms with Gasteiger partial charge in [0.1, 0.15) is 32.8 Å². The minimum atomic E-state index is -4.74. The summed E-state index contributed by atoms with van der Waals surface area (Å²) in [5.74, 6) is -1.41. The van der Waals surface area contributed by atoms with Crippen molar-refractivity contribution >= 4 is 169 Å². The maximum Gasteiger partial charge on any atom is 0.296 e. The molecule has 4 aromatic carbocycles. The highest BCUT2D eigenvalue weighted by Crippen LogP contribution is 2.41. The summed E-state index contributed by atoms with van der Waals surface area (Å²) in [5, 5.41) is 31.0. The van der Waals surface area contributed by atoms with E-state index in [-0.39, 0.29) is 44.7 Å². The second-order valence-corrected chi connectivity index (χ2v) is 26.8. The smallest absolute Gasteiger partial charge is 0.296 e. The molecule has 2 amide bonds. The van der Waals surface area contributed by atoms with Gasteiger partial charge in [-0.25, -0.2) is 0 Å². The Kier molecular flexibility index (Phi) is 23.7. The molecule has 2 fully saturated rings. The summed E-state index contributed by atoms with van der Waals surface area (Å²) in [6, 6.07) is 21.7. The monoisotopic (exact) mass is 1390 g/mol. The van der Waals surface area contributed by atoms with Gasteiger partial charge in [0.05, 0.1) is 70.1 Å². The van der Waals surface area contributed by atoms with E-state index in [1.807, 2.05) is 68.7 Å². The van der Waals surface area contributed by atoms with Gasteiger partial charge in [-0.2, -0.15) is 41.8 Å². The molecule has 5 heterocycles. The number of morpholine rings is 2. The van der Waals surface area contributed by atoms with Gasteiger partial charge in [-0.3, -0.25) is 28.3 Å². The number of rotatable bonds is 28. The minimum Gasteiger partial charge on any atom is -0.378 e. The van der Waals surface area contributed by atoms with E-state index < -0.39 is 53.4 Å². The zero-order chi connectivity index (χ0) is 68.0. The van der Waals surface area contributed by atoms with Gasteiger partial charge >= 0.3 is 0 Å². The second kappa shape index (κ2) is 32.0. The largest absolute Gasteiger partial charge is 0.378 e. The molecule has 2 aliphatic heterocycles. The number of hydrogen-bond donors (Lipinski definition) is 6. The Bertz CT molecular complexity index is 4080. The van der Waals surface area contributed by atoms with Gasteiger partial charge in [-0.15, -0.1) is 20.5 Å². The number of Topliss-reactive ketones (excluding diaryl/α,β-unsaturated/α-hetero) is 2. The molecule has 2 saturated heterocycles. The van der Waals surface area contributed by atoms with Crippen LogP contribution in [0.3, 0.4) is 0 Å². The third-order valence-electron chi connectivity index (χ3n) is 14.6. The molecule has 2 aliphatic rings. The van der Waals surface area contributed by atoms with Crippen molar-refractivity contribution in [1.82, 2.24) is 24.9 Å². The van der Waals surface area contributed by atoms with Crippen molar-refractivity contribution in [2.75, 3.05) is 125 Å². The maximum atomic E-state index is 13.8. The molecule has 0 aliphatic carbocycles. The summed E-state index contributed by atoms with van der Waals surface area (Å²) in [4.78, 5) is 86.0. The van der Waals surface area contributed by atoms with Gasteiger partial charge in [-0.05, 0) is 120 Å². The topological polar surface area (TPSA) is 370 Å². The first kappa shape index (κ1) is 70.3. The lowest BCUT2D eigenvalue weighted by atomic mass is 10.1. The average molecular weight is 1390 g/mol. The lowest BCUT2D eigenvalue weighted by Crippen LogP contribution is -2.36. The Labute approximate surface area is 560 Å². The van der Waals surface area contributed by atoms with Gasteiger partial charge in [0.15, 0.2) is 16.7 Å². The van der Waals surface area contributed by atoms with E-state index in [0.29, 0.717) is 134 Å². The number of thioether (sulfide) groups is 1. The molecule has 95 heavy (non-hydrogen) atoms. The van der Waals surface area contributed by atoms with E-state index in [9.17, 15) is 45.1 Å². The van der Waals surface area contributed by atoms with Crippen molar-refractivity contribution in [1.29, 1.82) is 0 Å². The lowest BCUT2D eigenvalue weighted by Gasteiger charge is -2.27. The van der Waals surface area contributed by atoms with Crippen LogP contribution in [0.1, 0.15) is 58.2 Å². The van der Waals surface area contributed by atoms with Crippen molar-refractivity contribution in [2.24, 2.45) is 20.5 Å². The van der Waals surface area contributed by atoms with Gasteiger partial charge in [0.25, 0.3) is 32.1 Å². The molecule has 29 nitrogen and oxygen atoms in total. The molecule has 0 spiro atoms. The van der Waals surface area contributed by atoms with Crippen molar-refractivity contribution in [3.63, 3.8) is 0 Å². The number of benzene rings is 4. The number of ether oxygens (including phenoxy) is 2. The molecule has 0 atom stereocenters. The Morgan fingerprint density at radius 3 is 1.31 bits per heavy atom. The Morgan fingerprint density at radius 1 is 0.558 bits per heavy atom. The number of azo groups is 2. The fourth-order valence-electron chi connectivity index (χ4n) is 9.88. The zero-order valence-electron chi connectivity index (χ0n) is 52.8. The highest BCUT2D eigenvalue weighted by molar-refractivity contribution is 7.99. The van der Waals surface area contributed by atoms with E-state index in [4.69, 9.17) is 44.6 Å². The number of nitrogens with one attached hydrogen (secondary N) is 4. The number of para-hydroxylation sites is 2. The van der Waals surface area contributed by atoms with Crippen LogP contribution in [-0.4, -0.2) is 159 Å². The molecule has 6 N–H and O–H groups in total. The van der Waals surface area contributed by atoms with Gasteiger partial charge in [0.2, 0.25) is 22.2 Å². The number of anilines is 10. The van der Waals surface area contributed by atoms with Crippen LogP contribution >= 0.6 is 34.4 Å². The first-order valence-corrected chi connectivity index (χ1v) is 35.5. The molecule has 9 rings (SSSR count). The predicted octanol–water partition coefficient (Wildman–Crippen LogP) is 11.3. The summed E-state index contributed by atoms with van der Waals surface area (Å²) in [6.07, 6.45) is 2.73. The number of ketones is 2. The van der Waals surface area contributed by atoms with Crippen LogP contribution in [0.4, 0.5) is 79.3 Å². The molecule has 0 radical (unpaired) electrons. The van der Waals surface area contributed by atoms with Crippen molar-refractivity contribution in [3.05, 3.63) is 106 Å². The van der Waals surface area contributed by atoms with E-state index in [2.05, 4.69) is 41.3 Å². The molecular formula is C61H69N17O12S5. The lowest BCUT2D eigenvalue weighted by molar-refractivity contribution is -0.120. The summed E-state index contributed by atoms with van der Waals surface area (Å²) < 4.78 is 79.7. The number of carbonyl (C=O) groups excluding carboxylic acids is 4. The van der Waals surface area contributed by atoms with Crippen LogP contribution in [0.15, 0.2) is 131 Å². The third kappa shape index (κ3) is 18.1. The van der Waals surface area contributed by atoms with Gasteiger partial charge in [0, 0.05) is 63.7 Å². The summed E-state index contributed by atoms with van der Waals surface area (Å²) in [5.41, 5.74) is 2.24. The van der Waals surface area contributed by atoms with Crippen LogP contribution in [0.25, 0.3) is 12.2 Å². The van der Waals surface area contributed by atoms with E-state index >= 15 is 0 Å². The molecule has 0 unspecified atom stereocenters. The molecule has 34 heteroatoms.